The second-order valence-electron chi connectivity index (χ2n) is 5.83. The molecule has 132 valence electrons. The number of amides is 1. The molecule has 0 aliphatic rings. The summed E-state index contributed by atoms with van der Waals surface area (Å²) in [5.74, 6) is -0.634. The summed E-state index contributed by atoms with van der Waals surface area (Å²) in [5, 5.41) is 0.0545. The highest BCUT2D eigenvalue weighted by molar-refractivity contribution is 7.91. The molecule has 26 heavy (non-hydrogen) atoms. The van der Waals surface area contributed by atoms with Crippen LogP contribution >= 0.6 is 0 Å². The van der Waals surface area contributed by atoms with E-state index >= 15 is 0 Å². The maximum Gasteiger partial charge on any atom is 0.252 e. The predicted octanol–water partition coefficient (Wildman–Crippen LogP) is 3.90. The number of aryl methyl sites for hydroxylation is 1. The van der Waals surface area contributed by atoms with Crippen LogP contribution in [-0.2, 0) is 9.84 Å². The third-order valence-electron chi connectivity index (χ3n) is 3.90. The van der Waals surface area contributed by atoms with Crippen molar-refractivity contribution in [3.63, 3.8) is 0 Å². The highest BCUT2D eigenvalue weighted by Crippen LogP contribution is 2.27. The largest absolute Gasteiger partial charge is 0.331 e. The minimum Gasteiger partial charge on any atom is -0.331 e. The van der Waals surface area contributed by atoms with Gasteiger partial charge in [-0.05, 0) is 36.8 Å². The average molecular weight is 366 g/mol. The summed E-state index contributed by atoms with van der Waals surface area (Å²) < 4.78 is 35.5. The van der Waals surface area contributed by atoms with Gasteiger partial charge in [-0.3, -0.25) is 4.79 Å². The van der Waals surface area contributed by atoms with E-state index in [9.17, 15) is 13.2 Å². The predicted molar refractivity (Wildman–Crippen MR) is 101 cm³/mol. The van der Waals surface area contributed by atoms with Gasteiger partial charge < -0.3 is 5.32 Å². The SMILES string of the molecule is [2H]C(NC(=O)c1ccccc1)(c1ccccc1)S(=O)(=O)c1ccc(C)cc1. The van der Waals surface area contributed by atoms with E-state index in [-0.39, 0.29) is 16.0 Å². The number of hydrogen-bond donors (Lipinski definition) is 1. The Kier molecular flexibility index (Phi) is 4.80. The van der Waals surface area contributed by atoms with Gasteiger partial charge in [-0.1, -0.05) is 66.2 Å². The zero-order valence-electron chi connectivity index (χ0n) is 15.2. The molecular weight excluding hydrogens is 346 g/mol. The van der Waals surface area contributed by atoms with E-state index in [0.29, 0.717) is 0 Å². The van der Waals surface area contributed by atoms with Gasteiger partial charge in [-0.25, -0.2) is 8.42 Å². The zero-order valence-corrected chi connectivity index (χ0v) is 15.0. The van der Waals surface area contributed by atoms with Crippen molar-refractivity contribution in [2.24, 2.45) is 0 Å². The van der Waals surface area contributed by atoms with Crippen LogP contribution in [0.15, 0.2) is 89.8 Å². The highest BCUT2D eigenvalue weighted by Gasteiger charge is 2.30. The lowest BCUT2D eigenvalue weighted by molar-refractivity contribution is 0.0948. The topological polar surface area (TPSA) is 63.2 Å². The van der Waals surface area contributed by atoms with Crippen molar-refractivity contribution >= 4 is 15.7 Å². The van der Waals surface area contributed by atoms with Gasteiger partial charge in [0, 0.05) is 5.56 Å². The van der Waals surface area contributed by atoms with Gasteiger partial charge in [0.05, 0.1) is 6.27 Å². The van der Waals surface area contributed by atoms with Crippen molar-refractivity contribution in [2.75, 3.05) is 0 Å². The second-order valence-corrected chi connectivity index (χ2v) is 7.72. The van der Waals surface area contributed by atoms with Crippen molar-refractivity contribution in [3.8, 4) is 0 Å². The number of benzene rings is 3. The van der Waals surface area contributed by atoms with Gasteiger partial charge in [0.1, 0.15) is 0 Å². The molecular formula is C21H19NO3S. The molecule has 1 N–H and O–H groups in total. The quantitative estimate of drug-likeness (QED) is 0.745. The maximum absolute atomic E-state index is 13.3. The van der Waals surface area contributed by atoms with Crippen molar-refractivity contribution in [1.29, 1.82) is 0 Å². The Hall–Kier alpha value is -2.92. The number of nitrogens with one attached hydrogen (secondary N) is 1. The standard InChI is InChI=1S/C21H19NO3S/c1-16-12-14-19(15-13-16)26(24,25)21(18-10-6-3-7-11-18)22-20(23)17-8-4-2-5-9-17/h2-15,21H,1H3,(H,22,23)/i21D. The molecule has 5 heteroatoms. The van der Waals surface area contributed by atoms with Crippen LogP contribution < -0.4 is 5.32 Å². The van der Waals surface area contributed by atoms with Gasteiger partial charge in [0.2, 0.25) is 9.84 Å². The highest BCUT2D eigenvalue weighted by atomic mass is 32.2. The summed E-state index contributed by atoms with van der Waals surface area (Å²) in [6, 6.07) is 22.5. The first-order valence-electron chi connectivity index (χ1n) is 8.59. The lowest BCUT2D eigenvalue weighted by Gasteiger charge is -2.20. The third-order valence-corrected chi connectivity index (χ3v) is 5.67. The molecule has 0 spiro atoms. The van der Waals surface area contributed by atoms with Gasteiger partial charge >= 0.3 is 0 Å². The Morgan fingerprint density at radius 1 is 0.885 bits per heavy atom. The Morgan fingerprint density at radius 3 is 2.00 bits per heavy atom. The Bertz CT molecular complexity index is 1040. The summed E-state index contributed by atoms with van der Waals surface area (Å²) in [4.78, 5) is 12.6. The molecule has 0 aliphatic heterocycles. The molecule has 3 rings (SSSR count). The zero-order chi connectivity index (χ0) is 19.5. The third kappa shape index (κ3) is 3.83. The lowest BCUT2D eigenvalue weighted by Crippen LogP contribution is -2.34. The second kappa shape index (κ2) is 7.54. The molecule has 0 radical (unpaired) electrons. The van der Waals surface area contributed by atoms with E-state index in [1.54, 1.807) is 60.7 Å². The fourth-order valence-corrected chi connectivity index (χ4v) is 3.89. The van der Waals surface area contributed by atoms with Crippen LogP contribution in [0.1, 0.15) is 28.2 Å². The molecule has 0 saturated heterocycles. The Labute approximate surface area is 154 Å². The fraction of sp³-hybridized carbons (Fsp3) is 0.0952. The van der Waals surface area contributed by atoms with Crippen LogP contribution in [0.2, 0.25) is 0 Å². The minimum absolute atomic E-state index is 0.0275. The van der Waals surface area contributed by atoms with Crippen LogP contribution in [0.25, 0.3) is 0 Å². The van der Waals surface area contributed by atoms with E-state index in [2.05, 4.69) is 5.32 Å². The maximum atomic E-state index is 13.3. The molecule has 0 bridgehead atoms. The number of rotatable bonds is 5. The molecule has 3 aromatic carbocycles. The van der Waals surface area contributed by atoms with Crippen LogP contribution in [0.5, 0.6) is 0 Å². The van der Waals surface area contributed by atoms with E-state index in [0.717, 1.165) is 5.56 Å². The number of carbonyl (C=O) groups is 1. The summed E-state index contributed by atoms with van der Waals surface area (Å²) in [7, 11) is -4.24. The molecule has 0 fully saturated rings. The molecule has 1 amide bonds. The average Bonchev–Trinajstić information content (AvgIpc) is 2.69. The number of carbonyl (C=O) groups excluding carboxylic acids is 1. The smallest absolute Gasteiger partial charge is 0.252 e. The summed E-state index contributed by atoms with van der Waals surface area (Å²) >= 11 is 0. The first-order valence-corrected chi connectivity index (χ1v) is 9.57. The Morgan fingerprint density at radius 2 is 1.42 bits per heavy atom. The first kappa shape index (κ1) is 16.5. The number of hydrogen-bond acceptors (Lipinski definition) is 3. The monoisotopic (exact) mass is 366 g/mol. The van der Waals surface area contributed by atoms with Crippen molar-refractivity contribution in [2.45, 2.75) is 17.2 Å². The van der Waals surface area contributed by atoms with Crippen LogP contribution in [-0.4, -0.2) is 14.3 Å². The van der Waals surface area contributed by atoms with E-state index < -0.39 is 21.1 Å². The summed E-state index contributed by atoms with van der Waals surface area (Å²) in [6.07, 6.45) is 0. The van der Waals surface area contributed by atoms with Crippen molar-refractivity contribution < 1.29 is 14.6 Å². The van der Waals surface area contributed by atoms with Crippen molar-refractivity contribution in [1.82, 2.24) is 5.32 Å². The normalized spacial score (nSPS) is 14.1. The molecule has 0 saturated carbocycles. The summed E-state index contributed by atoms with van der Waals surface area (Å²) in [5.41, 5.74) is 1.34. The van der Waals surface area contributed by atoms with Gasteiger partial charge in [0.25, 0.3) is 5.91 Å². The van der Waals surface area contributed by atoms with Gasteiger partial charge in [-0.2, -0.15) is 0 Å². The molecule has 0 aromatic heterocycles. The molecule has 0 aliphatic carbocycles. The molecule has 3 aromatic rings. The molecule has 0 heterocycles. The van der Waals surface area contributed by atoms with Crippen molar-refractivity contribution in [3.05, 3.63) is 102 Å². The van der Waals surface area contributed by atoms with Crippen LogP contribution in [0, 0.1) is 6.92 Å². The fourth-order valence-electron chi connectivity index (χ4n) is 2.48. The van der Waals surface area contributed by atoms with Gasteiger partial charge in [0.15, 0.2) is 5.35 Å². The summed E-state index contributed by atoms with van der Waals surface area (Å²) in [6.45, 7) is 1.85. The molecule has 1 unspecified atom stereocenters. The molecule has 4 nitrogen and oxygen atoms in total. The number of sulfone groups is 1. The van der Waals surface area contributed by atoms with Crippen LogP contribution in [0.3, 0.4) is 0 Å². The first-order chi connectivity index (χ1) is 12.8. The molecule has 1 atom stereocenters. The lowest BCUT2D eigenvalue weighted by atomic mass is 10.2. The van der Waals surface area contributed by atoms with E-state index in [4.69, 9.17) is 1.37 Å². The van der Waals surface area contributed by atoms with Gasteiger partial charge in [-0.15, -0.1) is 0 Å². The van der Waals surface area contributed by atoms with E-state index in [1.165, 1.54) is 24.3 Å². The van der Waals surface area contributed by atoms with E-state index in [1.807, 2.05) is 6.92 Å². The minimum atomic E-state index is -4.24. The Balaban J connectivity index is 2.11. The van der Waals surface area contributed by atoms with Crippen LogP contribution in [0.4, 0.5) is 0 Å².